The zero-order valence-corrected chi connectivity index (χ0v) is 18.7. The van der Waals surface area contributed by atoms with Crippen molar-refractivity contribution in [2.24, 2.45) is 0 Å². The lowest BCUT2D eigenvalue weighted by Gasteiger charge is -2.15. The molecular formula is C19H16Cl2N8OS. The van der Waals surface area contributed by atoms with E-state index in [2.05, 4.69) is 31.1 Å². The quantitative estimate of drug-likeness (QED) is 0.401. The second-order valence-corrected chi connectivity index (χ2v) is 7.96. The molecule has 9 nitrogen and oxygen atoms in total. The molecule has 0 unspecified atom stereocenters. The summed E-state index contributed by atoms with van der Waals surface area (Å²) in [5.41, 5.74) is 4.42. The Kier molecular flexibility index (Phi) is 6.12. The topological polar surface area (TPSA) is 103 Å². The molecular weight excluding hydrogens is 459 g/mol. The average molecular weight is 475 g/mol. The van der Waals surface area contributed by atoms with E-state index in [4.69, 9.17) is 23.2 Å². The Morgan fingerprint density at radius 1 is 0.871 bits per heavy atom. The Morgan fingerprint density at radius 2 is 1.48 bits per heavy atom. The fourth-order valence-electron chi connectivity index (χ4n) is 2.72. The number of nitrogens with one attached hydrogen (secondary N) is 2. The summed E-state index contributed by atoms with van der Waals surface area (Å²) in [5.74, 6) is 0.716. The lowest BCUT2D eigenvalue weighted by Crippen LogP contribution is -2.32. The lowest BCUT2D eigenvalue weighted by atomic mass is 10.3. The molecule has 0 aliphatic rings. The highest BCUT2D eigenvalue weighted by Crippen LogP contribution is 2.25. The van der Waals surface area contributed by atoms with Gasteiger partial charge in [-0.2, -0.15) is 4.68 Å². The summed E-state index contributed by atoms with van der Waals surface area (Å²) >= 11 is 13.3. The van der Waals surface area contributed by atoms with Crippen molar-refractivity contribution < 1.29 is 0 Å². The fourth-order valence-corrected chi connectivity index (χ4v) is 3.41. The Balaban J connectivity index is 1.81. The van der Waals surface area contributed by atoms with E-state index in [1.54, 1.807) is 42.0 Å². The van der Waals surface area contributed by atoms with Gasteiger partial charge in [0.05, 0.1) is 5.69 Å². The zero-order chi connectivity index (χ0) is 22.0. The number of halogens is 2. The third-order valence-corrected chi connectivity index (χ3v) is 5.37. The molecule has 0 spiro atoms. The van der Waals surface area contributed by atoms with Crippen molar-refractivity contribution in [1.29, 1.82) is 0 Å². The van der Waals surface area contributed by atoms with E-state index in [1.807, 2.05) is 24.3 Å². The van der Waals surface area contributed by atoms with Gasteiger partial charge in [-0.25, -0.2) is 4.57 Å². The van der Waals surface area contributed by atoms with Gasteiger partial charge in [0.15, 0.2) is 0 Å². The van der Waals surface area contributed by atoms with Crippen LogP contribution in [0.2, 0.25) is 10.0 Å². The Hall–Kier alpha value is -3.08. The molecule has 2 heterocycles. The van der Waals surface area contributed by atoms with Crippen LogP contribution in [0.5, 0.6) is 0 Å². The minimum atomic E-state index is -0.336. The van der Waals surface area contributed by atoms with Crippen LogP contribution in [0.3, 0.4) is 0 Å². The number of nitrogens with zero attached hydrogens (tertiary/aromatic N) is 6. The SMILES string of the molecule is CSc1nnc(C)c(=O)n1Nc1nnc(Nc2ccc(Cl)cc2)n1-c1ccc(Cl)cc1. The monoisotopic (exact) mass is 474 g/mol. The summed E-state index contributed by atoms with van der Waals surface area (Å²) in [6.07, 6.45) is 1.80. The van der Waals surface area contributed by atoms with E-state index in [0.717, 1.165) is 11.4 Å². The smallest absolute Gasteiger partial charge is 0.294 e. The maximum Gasteiger partial charge on any atom is 0.294 e. The van der Waals surface area contributed by atoms with Gasteiger partial charge < -0.3 is 5.32 Å². The average Bonchev–Trinajstić information content (AvgIpc) is 3.16. The summed E-state index contributed by atoms with van der Waals surface area (Å²) < 4.78 is 3.01. The molecule has 158 valence electrons. The molecule has 2 N–H and O–H groups in total. The number of aromatic nitrogens is 6. The molecule has 0 amide bonds. The van der Waals surface area contributed by atoms with Crippen LogP contribution in [0, 0.1) is 6.92 Å². The molecule has 31 heavy (non-hydrogen) atoms. The van der Waals surface area contributed by atoms with Crippen LogP contribution in [0.1, 0.15) is 5.69 Å². The van der Waals surface area contributed by atoms with E-state index in [-0.39, 0.29) is 11.3 Å². The van der Waals surface area contributed by atoms with Crippen LogP contribution in [0.15, 0.2) is 58.5 Å². The van der Waals surface area contributed by atoms with Crippen LogP contribution in [0.25, 0.3) is 5.69 Å². The highest BCUT2D eigenvalue weighted by molar-refractivity contribution is 7.98. The summed E-state index contributed by atoms with van der Waals surface area (Å²) in [6, 6.07) is 14.3. The first-order valence-electron chi connectivity index (χ1n) is 8.97. The van der Waals surface area contributed by atoms with Gasteiger partial charge in [0, 0.05) is 15.7 Å². The van der Waals surface area contributed by atoms with Crippen LogP contribution >= 0.6 is 35.0 Å². The summed E-state index contributed by atoms with van der Waals surface area (Å²) in [5, 5.41) is 21.2. The first-order valence-corrected chi connectivity index (χ1v) is 11.0. The summed E-state index contributed by atoms with van der Waals surface area (Å²) in [6.45, 7) is 1.59. The van der Waals surface area contributed by atoms with Gasteiger partial charge >= 0.3 is 0 Å². The van der Waals surface area contributed by atoms with Crippen LogP contribution in [0.4, 0.5) is 17.6 Å². The van der Waals surface area contributed by atoms with Crippen molar-refractivity contribution in [3.8, 4) is 5.69 Å². The van der Waals surface area contributed by atoms with Gasteiger partial charge in [0.25, 0.3) is 5.56 Å². The predicted octanol–water partition coefficient (Wildman–Crippen LogP) is 4.17. The molecule has 0 aliphatic carbocycles. The molecule has 0 atom stereocenters. The van der Waals surface area contributed by atoms with Gasteiger partial charge in [0.2, 0.25) is 17.1 Å². The Morgan fingerprint density at radius 3 is 2.13 bits per heavy atom. The van der Waals surface area contributed by atoms with E-state index in [9.17, 15) is 4.79 Å². The fraction of sp³-hybridized carbons (Fsp3) is 0.105. The number of anilines is 3. The summed E-state index contributed by atoms with van der Waals surface area (Å²) in [7, 11) is 0. The van der Waals surface area contributed by atoms with Gasteiger partial charge in [0.1, 0.15) is 5.69 Å². The molecule has 12 heteroatoms. The Labute approximate surface area is 191 Å². The molecule has 0 bridgehead atoms. The van der Waals surface area contributed by atoms with E-state index in [1.165, 1.54) is 16.4 Å². The number of hydrogen-bond donors (Lipinski definition) is 2. The standard InChI is InChI=1S/C19H16Cl2N8OS/c1-11-16(30)29(19(31-2)26-23-11)27-18-25-24-17(22-14-7-3-12(20)4-8-14)28(18)15-9-5-13(21)6-10-15/h3-10H,1-2H3,(H,22,24)(H,25,27). The second kappa shape index (κ2) is 8.96. The number of rotatable bonds is 6. The van der Waals surface area contributed by atoms with Crippen molar-refractivity contribution in [3.05, 3.63) is 74.6 Å². The molecule has 4 rings (SSSR count). The van der Waals surface area contributed by atoms with Crippen molar-refractivity contribution in [2.75, 3.05) is 17.0 Å². The highest BCUT2D eigenvalue weighted by atomic mass is 35.5. The van der Waals surface area contributed by atoms with Crippen molar-refractivity contribution in [2.45, 2.75) is 12.1 Å². The first kappa shape index (κ1) is 21.2. The van der Waals surface area contributed by atoms with Gasteiger partial charge in [-0.05, 0) is 61.7 Å². The minimum absolute atomic E-state index is 0.252. The third-order valence-electron chi connectivity index (χ3n) is 4.23. The van der Waals surface area contributed by atoms with Gasteiger partial charge in [-0.3, -0.25) is 10.2 Å². The van der Waals surface area contributed by atoms with E-state index < -0.39 is 0 Å². The molecule has 0 aliphatic heterocycles. The van der Waals surface area contributed by atoms with Crippen molar-refractivity contribution in [3.63, 3.8) is 0 Å². The van der Waals surface area contributed by atoms with Crippen LogP contribution in [-0.4, -0.2) is 35.9 Å². The Bertz CT molecular complexity index is 1270. The molecule has 4 aromatic rings. The molecule has 0 radical (unpaired) electrons. The largest absolute Gasteiger partial charge is 0.324 e. The first-order chi connectivity index (χ1) is 15.0. The molecule has 0 saturated heterocycles. The second-order valence-electron chi connectivity index (χ2n) is 6.32. The minimum Gasteiger partial charge on any atom is -0.324 e. The summed E-state index contributed by atoms with van der Waals surface area (Å²) in [4.78, 5) is 12.7. The highest BCUT2D eigenvalue weighted by Gasteiger charge is 2.17. The molecule has 0 saturated carbocycles. The van der Waals surface area contributed by atoms with Gasteiger partial charge in [-0.15, -0.1) is 20.4 Å². The number of aryl methyl sites for hydroxylation is 1. The van der Waals surface area contributed by atoms with E-state index in [0.29, 0.717) is 27.1 Å². The van der Waals surface area contributed by atoms with Crippen LogP contribution < -0.4 is 16.3 Å². The zero-order valence-electron chi connectivity index (χ0n) is 16.4. The lowest BCUT2D eigenvalue weighted by molar-refractivity contribution is 0.661. The molecule has 0 fully saturated rings. The third kappa shape index (κ3) is 4.50. The maximum atomic E-state index is 12.7. The molecule has 2 aromatic carbocycles. The normalized spacial score (nSPS) is 10.8. The van der Waals surface area contributed by atoms with E-state index >= 15 is 0 Å². The maximum absolute atomic E-state index is 12.7. The number of benzene rings is 2. The number of hydrogen-bond acceptors (Lipinski definition) is 8. The molecule has 2 aromatic heterocycles. The van der Waals surface area contributed by atoms with Crippen molar-refractivity contribution >= 4 is 52.5 Å². The predicted molar refractivity (Wildman–Crippen MR) is 123 cm³/mol. The number of thioether (sulfide) groups is 1. The van der Waals surface area contributed by atoms with Crippen molar-refractivity contribution in [1.82, 2.24) is 29.6 Å². The van der Waals surface area contributed by atoms with Crippen LogP contribution in [-0.2, 0) is 0 Å². The van der Waals surface area contributed by atoms with Gasteiger partial charge in [-0.1, -0.05) is 35.0 Å².